The Hall–Kier alpha value is -1.88. The van der Waals surface area contributed by atoms with Gasteiger partial charge in [-0.05, 0) is 64.0 Å². The quantitative estimate of drug-likeness (QED) is 0.786. The molecule has 0 radical (unpaired) electrons. The van der Waals surface area contributed by atoms with Crippen molar-refractivity contribution in [3.8, 4) is 0 Å². The van der Waals surface area contributed by atoms with Crippen molar-refractivity contribution in [2.24, 2.45) is 11.8 Å². The first-order valence-corrected chi connectivity index (χ1v) is 10.7. The van der Waals surface area contributed by atoms with Crippen LogP contribution in [0.2, 0.25) is 0 Å². The molecule has 1 aromatic carbocycles. The van der Waals surface area contributed by atoms with Gasteiger partial charge in [-0.1, -0.05) is 18.2 Å². The fourth-order valence-electron chi connectivity index (χ4n) is 5.30. The zero-order valence-corrected chi connectivity index (χ0v) is 17.1. The molecule has 3 heterocycles. The molecule has 152 valence electrons. The van der Waals surface area contributed by atoms with Crippen LogP contribution in [0.5, 0.6) is 0 Å². The van der Waals surface area contributed by atoms with Crippen LogP contribution in [0.25, 0.3) is 0 Å². The van der Waals surface area contributed by atoms with Crippen molar-refractivity contribution < 1.29 is 14.3 Å². The standard InChI is InChI=1S/C23H32N2O3/c1-23(2)15-18(11-14-28-23)22(27)25-12-6-9-19-16-24(13-10-20(19)25)21(26)17-7-4-3-5-8-17/h3-5,7-8,18-20H,6,9-16H2,1-2H3/t18-,19-,20+/m1/s1. The van der Waals surface area contributed by atoms with Gasteiger partial charge in [0.1, 0.15) is 0 Å². The first-order chi connectivity index (χ1) is 13.4. The van der Waals surface area contributed by atoms with Crippen LogP contribution in [0.1, 0.15) is 56.3 Å². The number of nitrogens with zero attached hydrogens (tertiary/aromatic N) is 2. The molecule has 0 saturated carbocycles. The number of carbonyl (C=O) groups excluding carboxylic acids is 2. The molecule has 0 N–H and O–H groups in total. The van der Waals surface area contributed by atoms with Crippen LogP contribution in [0.4, 0.5) is 0 Å². The van der Waals surface area contributed by atoms with Gasteiger partial charge >= 0.3 is 0 Å². The van der Waals surface area contributed by atoms with E-state index in [1.165, 1.54) is 0 Å². The lowest BCUT2D eigenvalue weighted by atomic mass is 9.81. The number of hydrogen-bond donors (Lipinski definition) is 0. The molecule has 3 fully saturated rings. The van der Waals surface area contributed by atoms with E-state index in [1.807, 2.05) is 35.2 Å². The molecule has 0 spiro atoms. The highest BCUT2D eigenvalue weighted by Crippen LogP contribution is 2.35. The first-order valence-electron chi connectivity index (χ1n) is 10.7. The van der Waals surface area contributed by atoms with Crippen molar-refractivity contribution in [3.05, 3.63) is 35.9 Å². The van der Waals surface area contributed by atoms with Crippen molar-refractivity contribution in [3.63, 3.8) is 0 Å². The fourth-order valence-corrected chi connectivity index (χ4v) is 5.30. The van der Waals surface area contributed by atoms with E-state index < -0.39 is 0 Å². The van der Waals surface area contributed by atoms with Gasteiger partial charge in [0.2, 0.25) is 5.91 Å². The van der Waals surface area contributed by atoms with E-state index in [2.05, 4.69) is 18.7 Å². The Labute approximate surface area is 168 Å². The molecule has 3 aliphatic rings. The second-order valence-electron chi connectivity index (χ2n) is 9.21. The molecule has 0 aromatic heterocycles. The molecule has 4 rings (SSSR count). The van der Waals surface area contributed by atoms with Crippen LogP contribution in [-0.4, -0.2) is 59.5 Å². The zero-order chi connectivity index (χ0) is 19.7. The summed E-state index contributed by atoms with van der Waals surface area (Å²) in [6, 6.07) is 9.82. The average molecular weight is 385 g/mol. The summed E-state index contributed by atoms with van der Waals surface area (Å²) in [7, 11) is 0. The molecule has 5 nitrogen and oxygen atoms in total. The molecule has 3 atom stereocenters. The maximum absolute atomic E-state index is 13.3. The van der Waals surface area contributed by atoms with E-state index in [0.29, 0.717) is 18.4 Å². The van der Waals surface area contributed by atoms with Gasteiger partial charge in [0, 0.05) is 43.8 Å². The lowest BCUT2D eigenvalue weighted by Gasteiger charge is -2.48. The second-order valence-corrected chi connectivity index (χ2v) is 9.21. The summed E-state index contributed by atoms with van der Waals surface area (Å²) in [4.78, 5) is 30.3. The van der Waals surface area contributed by atoms with E-state index in [4.69, 9.17) is 4.74 Å². The van der Waals surface area contributed by atoms with Crippen molar-refractivity contribution >= 4 is 11.8 Å². The lowest BCUT2D eigenvalue weighted by Crippen LogP contribution is -2.58. The minimum atomic E-state index is -0.209. The zero-order valence-electron chi connectivity index (χ0n) is 17.1. The predicted octanol–water partition coefficient (Wildman–Crippen LogP) is 3.34. The highest BCUT2D eigenvalue weighted by molar-refractivity contribution is 5.94. The van der Waals surface area contributed by atoms with Crippen LogP contribution in [0.3, 0.4) is 0 Å². The van der Waals surface area contributed by atoms with Gasteiger partial charge in [0.15, 0.2) is 0 Å². The molecule has 5 heteroatoms. The van der Waals surface area contributed by atoms with Crippen LogP contribution >= 0.6 is 0 Å². The molecule has 0 bridgehead atoms. The molecule has 3 saturated heterocycles. The largest absolute Gasteiger partial charge is 0.376 e. The Kier molecular flexibility index (Phi) is 5.46. The smallest absolute Gasteiger partial charge is 0.253 e. The number of carbonyl (C=O) groups is 2. The van der Waals surface area contributed by atoms with Crippen molar-refractivity contribution in [1.82, 2.24) is 9.80 Å². The van der Waals surface area contributed by atoms with E-state index in [1.54, 1.807) is 0 Å². The topological polar surface area (TPSA) is 49.9 Å². The summed E-state index contributed by atoms with van der Waals surface area (Å²) < 4.78 is 5.81. The Morgan fingerprint density at radius 3 is 2.61 bits per heavy atom. The van der Waals surface area contributed by atoms with Gasteiger partial charge in [-0.3, -0.25) is 9.59 Å². The van der Waals surface area contributed by atoms with Crippen LogP contribution < -0.4 is 0 Å². The van der Waals surface area contributed by atoms with E-state index in [9.17, 15) is 9.59 Å². The Balaban J connectivity index is 1.42. The normalized spacial score (nSPS) is 29.9. The number of ether oxygens (including phenoxy) is 1. The average Bonchev–Trinajstić information content (AvgIpc) is 2.71. The lowest BCUT2D eigenvalue weighted by molar-refractivity contribution is -0.151. The monoisotopic (exact) mass is 384 g/mol. The van der Waals surface area contributed by atoms with Crippen molar-refractivity contribution in [2.75, 3.05) is 26.2 Å². The van der Waals surface area contributed by atoms with Gasteiger partial charge in [-0.25, -0.2) is 0 Å². The number of benzene rings is 1. The number of likely N-dealkylation sites (tertiary alicyclic amines) is 2. The van der Waals surface area contributed by atoms with E-state index >= 15 is 0 Å². The highest BCUT2D eigenvalue weighted by Gasteiger charge is 2.42. The molecule has 0 aliphatic carbocycles. The summed E-state index contributed by atoms with van der Waals surface area (Å²) in [5, 5.41) is 0. The number of rotatable bonds is 2. The second kappa shape index (κ2) is 7.86. The van der Waals surface area contributed by atoms with E-state index in [-0.39, 0.29) is 23.5 Å². The Bertz CT molecular complexity index is 718. The van der Waals surface area contributed by atoms with Gasteiger partial charge in [0.05, 0.1) is 5.60 Å². The maximum atomic E-state index is 13.3. The summed E-state index contributed by atoms with van der Waals surface area (Å²) in [5.74, 6) is 0.904. The molecule has 2 amide bonds. The summed E-state index contributed by atoms with van der Waals surface area (Å²) in [6.07, 6.45) is 4.66. The first kappa shape index (κ1) is 19.4. The van der Waals surface area contributed by atoms with Gasteiger partial charge in [-0.15, -0.1) is 0 Å². The molecular formula is C23H32N2O3. The van der Waals surface area contributed by atoms with E-state index in [0.717, 1.165) is 57.3 Å². The fraction of sp³-hybridized carbons (Fsp3) is 0.652. The minimum Gasteiger partial charge on any atom is -0.376 e. The van der Waals surface area contributed by atoms with Crippen LogP contribution in [0, 0.1) is 11.8 Å². The third-order valence-electron chi connectivity index (χ3n) is 6.71. The van der Waals surface area contributed by atoms with Gasteiger partial charge in [0.25, 0.3) is 5.91 Å². The number of amides is 2. The SMILES string of the molecule is CC1(C)C[C@H](C(=O)N2CCC[C@@H]3CN(C(=O)c4ccccc4)CC[C@@H]32)CCO1. The van der Waals surface area contributed by atoms with Crippen LogP contribution in [-0.2, 0) is 9.53 Å². The summed E-state index contributed by atoms with van der Waals surface area (Å²) in [5.41, 5.74) is 0.549. The Morgan fingerprint density at radius 2 is 1.86 bits per heavy atom. The summed E-state index contributed by atoms with van der Waals surface area (Å²) in [6.45, 7) is 7.20. The predicted molar refractivity (Wildman–Crippen MR) is 108 cm³/mol. The van der Waals surface area contributed by atoms with Gasteiger partial charge < -0.3 is 14.5 Å². The number of fused-ring (bicyclic) bond motifs is 1. The minimum absolute atomic E-state index is 0.0754. The molecule has 3 aliphatic heterocycles. The third-order valence-corrected chi connectivity index (χ3v) is 6.71. The molecule has 1 aromatic rings. The maximum Gasteiger partial charge on any atom is 0.253 e. The number of piperidine rings is 2. The number of hydrogen-bond acceptors (Lipinski definition) is 3. The molecule has 0 unspecified atom stereocenters. The van der Waals surface area contributed by atoms with Crippen molar-refractivity contribution in [1.29, 1.82) is 0 Å². The Morgan fingerprint density at radius 1 is 1.07 bits per heavy atom. The highest BCUT2D eigenvalue weighted by atomic mass is 16.5. The van der Waals surface area contributed by atoms with Gasteiger partial charge in [-0.2, -0.15) is 0 Å². The van der Waals surface area contributed by atoms with Crippen LogP contribution in [0.15, 0.2) is 30.3 Å². The third kappa shape index (κ3) is 3.95. The summed E-state index contributed by atoms with van der Waals surface area (Å²) >= 11 is 0. The van der Waals surface area contributed by atoms with Crippen molar-refractivity contribution in [2.45, 2.75) is 57.6 Å². The molecule has 28 heavy (non-hydrogen) atoms. The molecular weight excluding hydrogens is 352 g/mol.